The number of hydrogen-bond acceptors (Lipinski definition) is 3. The van der Waals surface area contributed by atoms with Crippen molar-refractivity contribution in [1.29, 1.82) is 5.26 Å². The molecule has 1 N–H and O–H groups in total. The van der Waals surface area contributed by atoms with Crippen LogP contribution in [0.15, 0.2) is 6.07 Å². The number of amides is 1. The average Bonchev–Trinajstić information content (AvgIpc) is 2.36. The van der Waals surface area contributed by atoms with Crippen molar-refractivity contribution in [3.63, 3.8) is 0 Å². The van der Waals surface area contributed by atoms with Crippen molar-refractivity contribution in [1.82, 2.24) is 0 Å². The maximum absolute atomic E-state index is 9.91. The molecule has 1 aromatic heterocycles. The molecule has 0 aromatic carbocycles. The van der Waals surface area contributed by atoms with Crippen LogP contribution in [0.4, 0.5) is 5.00 Å². The molecule has 0 aliphatic carbocycles. The van der Waals surface area contributed by atoms with Crippen molar-refractivity contribution in [3.05, 3.63) is 17.0 Å². The van der Waals surface area contributed by atoms with Gasteiger partial charge in [-0.25, -0.2) is 5.26 Å². The van der Waals surface area contributed by atoms with E-state index < -0.39 is 0 Å². The second-order valence-electron chi connectivity index (χ2n) is 1.48. The van der Waals surface area contributed by atoms with Gasteiger partial charge in [-0.3, -0.25) is 16.1 Å². The SMILES string of the molecule is N#Cc1c[c-]sc1NC=O.[Pr]. The molecule has 1 heterocycles. The maximum atomic E-state index is 9.91. The summed E-state index contributed by atoms with van der Waals surface area (Å²) in [5.74, 6) is 0. The minimum Gasteiger partial charge on any atom is -0.382 e. The van der Waals surface area contributed by atoms with Crippen LogP contribution < -0.4 is 5.32 Å². The van der Waals surface area contributed by atoms with Crippen LogP contribution in [0.1, 0.15) is 5.56 Å². The molecule has 0 aliphatic rings. The van der Waals surface area contributed by atoms with Crippen molar-refractivity contribution in [3.8, 4) is 6.07 Å². The van der Waals surface area contributed by atoms with Crippen molar-refractivity contribution in [2.24, 2.45) is 0 Å². The van der Waals surface area contributed by atoms with Crippen molar-refractivity contribution >= 4 is 22.7 Å². The van der Waals surface area contributed by atoms with Crippen molar-refractivity contribution in [2.75, 3.05) is 5.32 Å². The Labute approximate surface area is 101 Å². The average molecular weight is 292 g/mol. The van der Waals surface area contributed by atoms with Gasteiger partial charge in [0.05, 0.1) is 0 Å². The van der Waals surface area contributed by atoms with E-state index in [0.29, 0.717) is 17.0 Å². The maximum Gasteiger partial charge on any atom is 0.200 e. The molecule has 1 radical (unpaired) electrons. The minimum atomic E-state index is 0. The fourth-order valence-electron chi connectivity index (χ4n) is 0.512. The second-order valence-corrected chi connectivity index (χ2v) is 2.33. The van der Waals surface area contributed by atoms with Gasteiger partial charge < -0.3 is 5.32 Å². The Bertz CT molecular complexity index is 278. The van der Waals surface area contributed by atoms with Crippen LogP contribution in [0.3, 0.4) is 0 Å². The Kier molecular flexibility index (Phi) is 5.66. The Balaban J connectivity index is 0.000001000. The van der Waals surface area contributed by atoms with E-state index in [1.165, 1.54) is 17.4 Å². The number of thiophene rings is 1. The summed E-state index contributed by atoms with van der Waals surface area (Å²) in [7, 11) is 0. The summed E-state index contributed by atoms with van der Waals surface area (Å²) in [5, 5.41) is 14.1. The van der Waals surface area contributed by atoms with Crippen LogP contribution in [-0.2, 0) is 4.79 Å². The Morgan fingerprint density at radius 3 is 3.09 bits per heavy atom. The molecule has 5 heteroatoms. The standard InChI is InChI=1S/C6H3N2OS.Pr/c7-3-5-1-2-10-6(5)8-4-9;/h1,4H,(H,8,9);/q-1;. The van der Waals surface area contributed by atoms with E-state index >= 15 is 0 Å². The summed E-state index contributed by atoms with van der Waals surface area (Å²) in [5.41, 5.74) is 0.456. The molecule has 11 heavy (non-hydrogen) atoms. The van der Waals surface area contributed by atoms with Gasteiger partial charge in [-0.1, -0.05) is 5.56 Å². The van der Waals surface area contributed by atoms with Gasteiger partial charge in [0.25, 0.3) is 0 Å². The first-order valence-corrected chi connectivity index (χ1v) is 3.30. The minimum absolute atomic E-state index is 0. The summed E-state index contributed by atoms with van der Waals surface area (Å²) >= 11 is 1.21. The molecule has 1 rings (SSSR count). The second kappa shape index (κ2) is 5.65. The van der Waals surface area contributed by atoms with Gasteiger partial charge in [0.2, 0.25) is 6.41 Å². The van der Waals surface area contributed by atoms with Crippen LogP contribution in [-0.4, -0.2) is 6.41 Å². The van der Waals surface area contributed by atoms with E-state index in [4.69, 9.17) is 5.26 Å². The zero-order valence-electron chi connectivity index (χ0n) is 5.50. The molecule has 0 saturated carbocycles. The number of anilines is 1. The van der Waals surface area contributed by atoms with Crippen LogP contribution in [0.5, 0.6) is 0 Å². The number of rotatable bonds is 2. The normalized spacial score (nSPS) is 7.55. The fourth-order valence-corrected chi connectivity index (χ4v) is 1.13. The Morgan fingerprint density at radius 1 is 1.82 bits per heavy atom. The zero-order chi connectivity index (χ0) is 7.40. The predicted molar refractivity (Wildman–Crippen MR) is 37.6 cm³/mol. The van der Waals surface area contributed by atoms with Gasteiger partial charge >= 0.3 is 0 Å². The van der Waals surface area contributed by atoms with Gasteiger partial charge in [-0.15, -0.1) is 5.38 Å². The predicted octanol–water partition coefficient (Wildman–Crippen LogP) is 0.988. The number of carbonyl (C=O) groups excluding carboxylic acids is 1. The molecule has 0 atom stereocenters. The van der Waals surface area contributed by atoms with E-state index in [9.17, 15) is 4.79 Å². The van der Waals surface area contributed by atoms with E-state index in [1.807, 2.05) is 6.07 Å². The van der Waals surface area contributed by atoms with Crippen molar-refractivity contribution < 1.29 is 46.1 Å². The van der Waals surface area contributed by atoms with E-state index in [2.05, 4.69) is 10.7 Å². The van der Waals surface area contributed by atoms with Crippen molar-refractivity contribution in [2.45, 2.75) is 0 Å². The third kappa shape index (κ3) is 2.86. The van der Waals surface area contributed by atoms with Gasteiger partial charge in [0.15, 0.2) is 0 Å². The first kappa shape index (κ1) is 11.0. The van der Waals surface area contributed by atoms with Gasteiger partial charge in [-0.2, -0.15) is 6.07 Å². The molecule has 0 fully saturated rings. The van der Waals surface area contributed by atoms with Gasteiger partial charge in [-0.05, 0) is 5.00 Å². The molecular formula is C6H3N2OPrS-. The summed E-state index contributed by atoms with van der Waals surface area (Å²) in [6.07, 6.45) is 0.542. The van der Waals surface area contributed by atoms with Crippen LogP contribution in [0, 0.1) is 58.0 Å². The summed E-state index contributed by atoms with van der Waals surface area (Å²) in [6, 6.07) is 3.46. The third-order valence-corrected chi connectivity index (χ3v) is 1.70. The monoisotopic (exact) mass is 292 g/mol. The molecule has 0 bridgehead atoms. The zero-order valence-corrected chi connectivity index (χ0v) is 10.0. The number of nitrogens with one attached hydrogen (secondary N) is 1. The molecule has 1 amide bonds. The van der Waals surface area contributed by atoms with Gasteiger partial charge in [0, 0.05) is 47.4 Å². The molecule has 3 nitrogen and oxygen atoms in total. The number of nitrogens with zero attached hydrogens (tertiary/aromatic N) is 1. The molecule has 0 aliphatic heterocycles. The molecule has 0 saturated heterocycles. The largest absolute Gasteiger partial charge is 0.382 e. The molecule has 53 valence electrons. The fraction of sp³-hybridized carbons (Fsp3) is 0. The van der Waals surface area contributed by atoms with Gasteiger partial charge in [0.1, 0.15) is 0 Å². The van der Waals surface area contributed by atoms with E-state index in [-0.39, 0.29) is 41.3 Å². The first-order chi connectivity index (χ1) is 4.88. The first-order valence-electron chi connectivity index (χ1n) is 2.48. The molecular weight excluding hydrogens is 289 g/mol. The molecule has 0 unspecified atom stereocenters. The van der Waals surface area contributed by atoms with Crippen LogP contribution in [0.2, 0.25) is 0 Å². The van der Waals surface area contributed by atoms with E-state index in [1.54, 1.807) is 0 Å². The van der Waals surface area contributed by atoms with Crippen LogP contribution in [0.25, 0.3) is 0 Å². The summed E-state index contributed by atoms with van der Waals surface area (Å²) in [6.45, 7) is 0. The smallest absolute Gasteiger partial charge is 0.200 e. The summed E-state index contributed by atoms with van der Waals surface area (Å²) < 4.78 is 0. The number of carbonyl (C=O) groups is 1. The third-order valence-electron chi connectivity index (χ3n) is 0.919. The summed E-state index contributed by atoms with van der Waals surface area (Å²) in [4.78, 5) is 9.91. The Hall–Kier alpha value is 0.0236. The van der Waals surface area contributed by atoms with E-state index in [0.717, 1.165) is 0 Å². The molecule has 0 spiro atoms. The topological polar surface area (TPSA) is 52.9 Å². The number of hydrogen-bond donors (Lipinski definition) is 1. The number of nitriles is 1. The quantitative estimate of drug-likeness (QED) is 0.653. The van der Waals surface area contributed by atoms with Crippen LogP contribution >= 0.6 is 11.3 Å². The Morgan fingerprint density at radius 2 is 2.55 bits per heavy atom. The molecule has 1 aromatic rings.